The van der Waals surface area contributed by atoms with E-state index < -0.39 is 16.1 Å². The Bertz CT molecular complexity index is 1180. The Labute approximate surface area is 168 Å². The summed E-state index contributed by atoms with van der Waals surface area (Å²) in [5, 5.41) is 0.554. The van der Waals surface area contributed by atoms with E-state index in [4.69, 9.17) is 11.6 Å². The molecule has 0 bridgehead atoms. The smallest absolute Gasteiger partial charge is 0.287 e. The summed E-state index contributed by atoms with van der Waals surface area (Å²) in [6, 6.07) is 19.9. The van der Waals surface area contributed by atoms with Crippen LogP contribution in [0.1, 0.15) is 11.1 Å². The first-order chi connectivity index (χ1) is 13.4. The molecule has 0 fully saturated rings. The first-order valence-corrected chi connectivity index (χ1v) is 10.5. The maximum absolute atomic E-state index is 13.3. The Kier molecular flexibility index (Phi) is 4.61. The van der Waals surface area contributed by atoms with Crippen molar-refractivity contribution in [1.29, 1.82) is 0 Å². The topological polar surface area (TPSA) is 57.7 Å². The van der Waals surface area contributed by atoms with Gasteiger partial charge in [0, 0.05) is 5.02 Å². The second-order valence-corrected chi connectivity index (χ2v) is 8.77. The van der Waals surface area contributed by atoms with Gasteiger partial charge in [0.1, 0.15) is 4.90 Å². The summed E-state index contributed by atoms with van der Waals surface area (Å²) < 4.78 is 27.3. The highest BCUT2D eigenvalue weighted by molar-refractivity contribution is 7.94. The van der Waals surface area contributed by atoms with Gasteiger partial charge in [-0.05, 0) is 54.4 Å². The van der Waals surface area contributed by atoms with Crippen LogP contribution in [0, 0.1) is 6.92 Å². The molecule has 5 nitrogen and oxygen atoms in total. The maximum atomic E-state index is 13.3. The number of aryl methyl sites for hydroxylation is 1. The number of para-hydroxylation sites is 1. The van der Waals surface area contributed by atoms with Crippen molar-refractivity contribution in [3.05, 3.63) is 88.9 Å². The lowest BCUT2D eigenvalue weighted by Crippen LogP contribution is -2.50. The average molecular weight is 413 g/mol. The lowest BCUT2D eigenvalue weighted by atomic mass is 10.2. The molecular weight excluding hydrogens is 396 g/mol. The van der Waals surface area contributed by atoms with E-state index in [0.717, 1.165) is 15.4 Å². The standard InChI is InChI=1S/C21H17ClN2O3S/c1-15-6-4-9-18(12-15)24-21(25)23(14-16-7-5-8-17(22)13-16)19-10-2-3-11-20(19)28(24,26)27/h2-13H,14H2,1H3. The summed E-state index contributed by atoms with van der Waals surface area (Å²) in [5.41, 5.74) is 2.34. The summed E-state index contributed by atoms with van der Waals surface area (Å²) in [5.74, 6) is 0. The number of carbonyl (C=O) groups is 1. The van der Waals surface area contributed by atoms with E-state index in [1.807, 2.05) is 19.1 Å². The molecule has 0 radical (unpaired) electrons. The predicted molar refractivity (Wildman–Crippen MR) is 110 cm³/mol. The number of rotatable bonds is 3. The van der Waals surface area contributed by atoms with Gasteiger partial charge in [-0.2, -0.15) is 4.31 Å². The van der Waals surface area contributed by atoms with Gasteiger partial charge in [-0.25, -0.2) is 13.2 Å². The van der Waals surface area contributed by atoms with Gasteiger partial charge in [0.15, 0.2) is 0 Å². The molecule has 1 heterocycles. The molecule has 0 N–H and O–H groups in total. The Morgan fingerprint density at radius 3 is 2.43 bits per heavy atom. The van der Waals surface area contributed by atoms with Crippen molar-refractivity contribution in [2.24, 2.45) is 0 Å². The lowest BCUT2D eigenvalue weighted by molar-refractivity contribution is 0.253. The Morgan fingerprint density at radius 1 is 0.929 bits per heavy atom. The highest BCUT2D eigenvalue weighted by Crippen LogP contribution is 2.38. The van der Waals surface area contributed by atoms with Crippen LogP contribution in [0.5, 0.6) is 0 Å². The molecule has 4 rings (SSSR count). The van der Waals surface area contributed by atoms with E-state index in [0.29, 0.717) is 16.4 Å². The third-order valence-corrected chi connectivity index (χ3v) is 6.53. The van der Waals surface area contributed by atoms with E-state index in [9.17, 15) is 13.2 Å². The van der Waals surface area contributed by atoms with E-state index >= 15 is 0 Å². The number of amides is 2. The number of anilines is 2. The fourth-order valence-corrected chi connectivity index (χ4v) is 5.08. The normalized spacial score (nSPS) is 15.4. The van der Waals surface area contributed by atoms with Gasteiger partial charge in [0.25, 0.3) is 10.0 Å². The third-order valence-electron chi connectivity index (χ3n) is 4.54. The average Bonchev–Trinajstić information content (AvgIpc) is 2.65. The fraction of sp³-hybridized carbons (Fsp3) is 0.0952. The highest BCUT2D eigenvalue weighted by atomic mass is 35.5. The van der Waals surface area contributed by atoms with E-state index in [-0.39, 0.29) is 11.4 Å². The number of nitrogens with zero attached hydrogens (tertiary/aromatic N) is 2. The van der Waals surface area contributed by atoms with Crippen LogP contribution < -0.4 is 9.21 Å². The molecule has 0 aromatic heterocycles. The van der Waals surface area contributed by atoms with Crippen LogP contribution in [0.3, 0.4) is 0 Å². The van der Waals surface area contributed by atoms with Gasteiger partial charge >= 0.3 is 6.03 Å². The van der Waals surface area contributed by atoms with Crippen molar-refractivity contribution >= 4 is 39.0 Å². The van der Waals surface area contributed by atoms with Gasteiger partial charge in [0.05, 0.1) is 17.9 Å². The van der Waals surface area contributed by atoms with Gasteiger partial charge in [0.2, 0.25) is 0 Å². The van der Waals surface area contributed by atoms with Gasteiger partial charge < -0.3 is 0 Å². The van der Waals surface area contributed by atoms with Crippen LogP contribution in [0.2, 0.25) is 5.02 Å². The monoisotopic (exact) mass is 412 g/mol. The molecule has 0 atom stereocenters. The second kappa shape index (κ2) is 6.96. The molecule has 1 aliphatic rings. The number of urea groups is 1. The van der Waals surface area contributed by atoms with Crippen molar-refractivity contribution in [3.8, 4) is 0 Å². The van der Waals surface area contributed by atoms with Gasteiger partial charge in [-0.1, -0.05) is 48.0 Å². The molecule has 3 aromatic carbocycles. The molecule has 0 saturated heterocycles. The van der Waals surface area contributed by atoms with Crippen molar-refractivity contribution in [2.45, 2.75) is 18.4 Å². The zero-order chi connectivity index (χ0) is 19.9. The van der Waals surface area contributed by atoms with E-state index in [1.54, 1.807) is 54.6 Å². The predicted octanol–water partition coefficient (Wildman–Crippen LogP) is 4.98. The molecule has 0 unspecified atom stereocenters. The summed E-state index contributed by atoms with van der Waals surface area (Å²) >= 11 is 6.08. The number of benzene rings is 3. The van der Waals surface area contributed by atoms with Crippen molar-refractivity contribution in [3.63, 3.8) is 0 Å². The molecule has 28 heavy (non-hydrogen) atoms. The van der Waals surface area contributed by atoms with Crippen LogP contribution in [-0.4, -0.2) is 14.4 Å². The molecule has 1 aliphatic heterocycles. The van der Waals surface area contributed by atoms with Crippen molar-refractivity contribution < 1.29 is 13.2 Å². The summed E-state index contributed by atoms with van der Waals surface area (Å²) in [6.07, 6.45) is 0. The molecule has 0 aliphatic carbocycles. The molecule has 0 spiro atoms. The van der Waals surface area contributed by atoms with Crippen molar-refractivity contribution in [2.75, 3.05) is 9.21 Å². The lowest BCUT2D eigenvalue weighted by Gasteiger charge is -2.36. The maximum Gasteiger partial charge on any atom is 0.343 e. The highest BCUT2D eigenvalue weighted by Gasteiger charge is 2.42. The number of halogens is 1. The minimum atomic E-state index is -4.02. The van der Waals surface area contributed by atoms with E-state index in [1.165, 1.54) is 11.0 Å². The molecular formula is C21H17ClN2O3S. The molecule has 7 heteroatoms. The Morgan fingerprint density at radius 2 is 1.68 bits per heavy atom. The quantitative estimate of drug-likeness (QED) is 0.609. The molecule has 2 amide bonds. The van der Waals surface area contributed by atoms with Crippen LogP contribution in [0.4, 0.5) is 16.2 Å². The Balaban J connectivity index is 1.88. The van der Waals surface area contributed by atoms with E-state index in [2.05, 4.69) is 0 Å². The Hall–Kier alpha value is -2.83. The first-order valence-electron chi connectivity index (χ1n) is 8.65. The molecule has 0 saturated carbocycles. The largest absolute Gasteiger partial charge is 0.343 e. The molecule has 3 aromatic rings. The third kappa shape index (κ3) is 3.15. The fourth-order valence-electron chi connectivity index (χ4n) is 3.29. The molecule has 142 valence electrons. The summed E-state index contributed by atoms with van der Waals surface area (Å²) in [4.78, 5) is 14.9. The minimum absolute atomic E-state index is 0.0955. The van der Waals surface area contributed by atoms with Crippen LogP contribution in [0.15, 0.2) is 77.7 Å². The zero-order valence-electron chi connectivity index (χ0n) is 15.0. The number of fused-ring (bicyclic) bond motifs is 1. The summed E-state index contributed by atoms with van der Waals surface area (Å²) in [6.45, 7) is 2.05. The van der Waals surface area contributed by atoms with Crippen LogP contribution in [-0.2, 0) is 16.6 Å². The number of sulfonamides is 1. The zero-order valence-corrected chi connectivity index (χ0v) is 16.6. The SMILES string of the molecule is Cc1cccc(N2C(=O)N(Cc3cccc(Cl)c3)c3ccccc3S2(=O)=O)c1. The number of carbonyl (C=O) groups excluding carboxylic acids is 1. The summed E-state index contributed by atoms with van der Waals surface area (Å²) in [7, 11) is -4.02. The minimum Gasteiger partial charge on any atom is -0.287 e. The number of hydrogen-bond donors (Lipinski definition) is 0. The number of hydrogen-bond acceptors (Lipinski definition) is 3. The van der Waals surface area contributed by atoms with Crippen LogP contribution >= 0.6 is 11.6 Å². The first kappa shape index (κ1) is 18.5. The van der Waals surface area contributed by atoms with Gasteiger partial charge in [-0.15, -0.1) is 0 Å². The van der Waals surface area contributed by atoms with Crippen molar-refractivity contribution in [1.82, 2.24) is 0 Å². The van der Waals surface area contributed by atoms with Crippen LogP contribution in [0.25, 0.3) is 0 Å². The second-order valence-electron chi connectivity index (χ2n) is 6.57. The van der Waals surface area contributed by atoms with Gasteiger partial charge in [-0.3, -0.25) is 4.90 Å².